The number of hydrogen-bond donors (Lipinski definition) is 1. The maximum absolute atomic E-state index is 9.12. The number of nitrogens with zero attached hydrogens (tertiary/aromatic N) is 2. The van der Waals surface area contributed by atoms with Gasteiger partial charge >= 0.3 is 0 Å². The summed E-state index contributed by atoms with van der Waals surface area (Å²) in [5.41, 5.74) is 1.03. The first-order valence-corrected chi connectivity index (χ1v) is 5.42. The summed E-state index contributed by atoms with van der Waals surface area (Å²) >= 11 is 0. The molecule has 1 aromatic rings. The van der Waals surface area contributed by atoms with Gasteiger partial charge in [-0.05, 0) is 49.1 Å². The van der Waals surface area contributed by atoms with E-state index in [1.54, 1.807) is 12.1 Å². The van der Waals surface area contributed by atoms with Gasteiger partial charge < -0.3 is 5.11 Å². The van der Waals surface area contributed by atoms with Gasteiger partial charge in [0.15, 0.2) is 0 Å². The fourth-order valence-electron chi connectivity index (χ4n) is 1.70. The number of aromatic hydroxyl groups is 1. The molecule has 0 aliphatic carbocycles. The highest BCUT2D eigenvalue weighted by molar-refractivity contribution is 5.79. The number of phenolic OH excluding ortho intramolecular Hbond substituents is 1. The first-order valence-electron chi connectivity index (χ1n) is 5.42. The lowest BCUT2D eigenvalue weighted by molar-refractivity contribution is 0.240. The van der Waals surface area contributed by atoms with Crippen molar-refractivity contribution in [3.63, 3.8) is 0 Å². The molecule has 0 radical (unpaired) electrons. The Labute approximate surface area is 90.0 Å². The molecule has 0 aromatic heterocycles. The normalized spacial score (nSPS) is 17.2. The third kappa shape index (κ3) is 2.98. The average Bonchev–Trinajstić information content (AvgIpc) is 2.30. The Kier molecular flexibility index (Phi) is 3.22. The van der Waals surface area contributed by atoms with Gasteiger partial charge in [-0.3, -0.25) is 5.01 Å². The minimum absolute atomic E-state index is 0.296. The number of benzene rings is 1. The molecule has 0 spiro atoms. The monoisotopic (exact) mass is 204 g/mol. The van der Waals surface area contributed by atoms with E-state index in [4.69, 9.17) is 5.11 Å². The zero-order valence-electron chi connectivity index (χ0n) is 8.76. The van der Waals surface area contributed by atoms with Crippen LogP contribution in [0.2, 0.25) is 0 Å². The largest absolute Gasteiger partial charge is 0.508 e. The van der Waals surface area contributed by atoms with Crippen molar-refractivity contribution < 1.29 is 5.11 Å². The Morgan fingerprint density at radius 2 is 1.73 bits per heavy atom. The third-order valence-electron chi connectivity index (χ3n) is 2.60. The van der Waals surface area contributed by atoms with Crippen LogP contribution in [0.1, 0.15) is 24.8 Å². The van der Waals surface area contributed by atoms with E-state index in [2.05, 4.69) is 10.1 Å². The summed E-state index contributed by atoms with van der Waals surface area (Å²) in [5, 5.41) is 15.6. The third-order valence-corrected chi connectivity index (χ3v) is 2.60. The minimum Gasteiger partial charge on any atom is -0.508 e. The fraction of sp³-hybridized carbons (Fsp3) is 0.417. The zero-order chi connectivity index (χ0) is 10.5. The maximum Gasteiger partial charge on any atom is 0.115 e. The van der Waals surface area contributed by atoms with Crippen molar-refractivity contribution in [1.82, 2.24) is 5.01 Å². The van der Waals surface area contributed by atoms with E-state index in [0.29, 0.717) is 5.75 Å². The Morgan fingerprint density at radius 1 is 1.07 bits per heavy atom. The molecule has 2 rings (SSSR count). The second-order valence-corrected chi connectivity index (χ2v) is 3.85. The van der Waals surface area contributed by atoms with Crippen molar-refractivity contribution in [3.05, 3.63) is 29.8 Å². The molecule has 0 saturated carbocycles. The highest BCUT2D eigenvalue weighted by atomic mass is 16.3. The summed E-state index contributed by atoms with van der Waals surface area (Å²) in [5.74, 6) is 0.296. The van der Waals surface area contributed by atoms with Gasteiger partial charge in [-0.2, -0.15) is 5.10 Å². The van der Waals surface area contributed by atoms with E-state index in [1.165, 1.54) is 19.3 Å². The van der Waals surface area contributed by atoms with Crippen LogP contribution in [0.3, 0.4) is 0 Å². The SMILES string of the molecule is Oc1ccc(C=NN2CCCCC2)cc1. The van der Waals surface area contributed by atoms with Crippen LogP contribution in [0.5, 0.6) is 5.75 Å². The van der Waals surface area contributed by atoms with E-state index < -0.39 is 0 Å². The number of rotatable bonds is 2. The average molecular weight is 204 g/mol. The highest BCUT2D eigenvalue weighted by Gasteiger charge is 2.05. The van der Waals surface area contributed by atoms with E-state index in [0.717, 1.165) is 18.7 Å². The lowest BCUT2D eigenvalue weighted by Gasteiger charge is -2.23. The molecule has 1 heterocycles. The Morgan fingerprint density at radius 3 is 2.40 bits per heavy atom. The Bertz CT molecular complexity index is 326. The lowest BCUT2D eigenvalue weighted by Crippen LogP contribution is -2.24. The fourth-order valence-corrected chi connectivity index (χ4v) is 1.70. The molecule has 1 N–H and O–H groups in total. The van der Waals surface area contributed by atoms with Crippen LogP contribution in [-0.2, 0) is 0 Å². The minimum atomic E-state index is 0.296. The molecule has 1 saturated heterocycles. The topological polar surface area (TPSA) is 35.8 Å². The van der Waals surface area contributed by atoms with Gasteiger partial charge in [0.2, 0.25) is 0 Å². The summed E-state index contributed by atoms with van der Waals surface area (Å²) in [4.78, 5) is 0. The summed E-state index contributed by atoms with van der Waals surface area (Å²) in [6.45, 7) is 2.13. The zero-order valence-corrected chi connectivity index (χ0v) is 8.76. The van der Waals surface area contributed by atoms with Gasteiger partial charge in [0.05, 0.1) is 6.21 Å². The van der Waals surface area contributed by atoms with Crippen LogP contribution < -0.4 is 0 Å². The van der Waals surface area contributed by atoms with Crippen LogP contribution in [0.4, 0.5) is 0 Å². The number of hydrazone groups is 1. The molecule has 1 aromatic carbocycles. The molecule has 15 heavy (non-hydrogen) atoms. The second-order valence-electron chi connectivity index (χ2n) is 3.85. The first kappa shape index (κ1) is 10.0. The van der Waals surface area contributed by atoms with Crippen molar-refractivity contribution in [2.24, 2.45) is 5.10 Å². The van der Waals surface area contributed by atoms with Gasteiger partial charge in [0.1, 0.15) is 5.75 Å². The van der Waals surface area contributed by atoms with E-state index in [9.17, 15) is 0 Å². The van der Waals surface area contributed by atoms with Gasteiger partial charge in [-0.1, -0.05) is 0 Å². The summed E-state index contributed by atoms with van der Waals surface area (Å²) in [7, 11) is 0. The maximum atomic E-state index is 9.12. The first-order chi connectivity index (χ1) is 7.34. The molecule has 1 fully saturated rings. The van der Waals surface area contributed by atoms with E-state index in [-0.39, 0.29) is 0 Å². The van der Waals surface area contributed by atoms with Crippen LogP contribution in [0.25, 0.3) is 0 Å². The number of phenols is 1. The van der Waals surface area contributed by atoms with Crippen molar-refractivity contribution >= 4 is 6.21 Å². The highest BCUT2D eigenvalue weighted by Crippen LogP contribution is 2.10. The Balaban J connectivity index is 1.95. The molecule has 80 valence electrons. The molecule has 0 atom stereocenters. The van der Waals surface area contributed by atoms with Gasteiger partial charge in [0, 0.05) is 13.1 Å². The van der Waals surface area contributed by atoms with Gasteiger partial charge in [0.25, 0.3) is 0 Å². The van der Waals surface area contributed by atoms with Crippen molar-refractivity contribution in [3.8, 4) is 5.75 Å². The summed E-state index contributed by atoms with van der Waals surface area (Å²) < 4.78 is 0. The predicted octanol–water partition coefficient (Wildman–Crippen LogP) is 2.21. The summed E-state index contributed by atoms with van der Waals surface area (Å²) in [6, 6.07) is 7.08. The van der Waals surface area contributed by atoms with Crippen LogP contribution in [0.15, 0.2) is 29.4 Å². The molecule has 1 aliphatic rings. The summed E-state index contributed by atoms with van der Waals surface area (Å²) in [6.07, 6.45) is 5.66. The lowest BCUT2D eigenvalue weighted by atomic mass is 10.2. The molecule has 0 unspecified atom stereocenters. The van der Waals surface area contributed by atoms with Gasteiger partial charge in [-0.25, -0.2) is 0 Å². The number of piperidine rings is 1. The van der Waals surface area contributed by atoms with Crippen LogP contribution in [-0.4, -0.2) is 29.4 Å². The molecule has 3 nitrogen and oxygen atoms in total. The molecule has 0 amide bonds. The second kappa shape index (κ2) is 4.82. The van der Waals surface area contributed by atoms with E-state index in [1.807, 2.05) is 18.3 Å². The van der Waals surface area contributed by atoms with E-state index >= 15 is 0 Å². The van der Waals surface area contributed by atoms with Crippen molar-refractivity contribution in [2.75, 3.05) is 13.1 Å². The molecule has 1 aliphatic heterocycles. The predicted molar refractivity (Wildman–Crippen MR) is 61.1 cm³/mol. The molecule has 3 heteroatoms. The van der Waals surface area contributed by atoms with Gasteiger partial charge in [-0.15, -0.1) is 0 Å². The molecular weight excluding hydrogens is 188 g/mol. The van der Waals surface area contributed by atoms with Crippen LogP contribution >= 0.6 is 0 Å². The number of hydrogen-bond acceptors (Lipinski definition) is 3. The van der Waals surface area contributed by atoms with Crippen molar-refractivity contribution in [1.29, 1.82) is 0 Å². The van der Waals surface area contributed by atoms with Crippen molar-refractivity contribution in [2.45, 2.75) is 19.3 Å². The molecule has 0 bridgehead atoms. The molecular formula is C12H16N2O. The standard InChI is InChI=1S/C12H16N2O/c15-12-6-4-11(5-7-12)10-13-14-8-2-1-3-9-14/h4-7,10,15H,1-3,8-9H2. The smallest absolute Gasteiger partial charge is 0.115 e. The Hall–Kier alpha value is -1.51. The quantitative estimate of drug-likeness (QED) is 0.750. The van der Waals surface area contributed by atoms with Crippen LogP contribution in [0, 0.1) is 0 Å².